The van der Waals surface area contributed by atoms with Gasteiger partial charge in [-0.05, 0) is 40.2 Å². The zero-order chi connectivity index (χ0) is 13.0. The van der Waals surface area contributed by atoms with Gasteiger partial charge in [0, 0.05) is 17.8 Å². The van der Waals surface area contributed by atoms with E-state index in [2.05, 4.69) is 21.2 Å². The standard InChI is InChI=1S/C14H14BrNO2/c1-18-14-7-6-11(8-12(14)15)16-9-10-4-2-3-5-13(10)17/h2-8,16-17H,9H2,1H3. The van der Waals surface area contributed by atoms with Crippen molar-refractivity contribution >= 4 is 21.6 Å². The van der Waals surface area contributed by atoms with E-state index >= 15 is 0 Å². The van der Waals surface area contributed by atoms with E-state index in [4.69, 9.17) is 4.74 Å². The second-order valence-corrected chi connectivity index (χ2v) is 4.69. The summed E-state index contributed by atoms with van der Waals surface area (Å²) in [6, 6.07) is 13.0. The maximum Gasteiger partial charge on any atom is 0.133 e. The fourth-order valence-electron chi connectivity index (χ4n) is 1.63. The van der Waals surface area contributed by atoms with Crippen molar-refractivity contribution in [3.05, 3.63) is 52.5 Å². The molecule has 0 unspecified atom stereocenters. The molecule has 0 aliphatic heterocycles. The Morgan fingerprint density at radius 1 is 1.22 bits per heavy atom. The van der Waals surface area contributed by atoms with Gasteiger partial charge in [0.25, 0.3) is 0 Å². The van der Waals surface area contributed by atoms with E-state index in [1.807, 2.05) is 36.4 Å². The molecule has 0 atom stereocenters. The van der Waals surface area contributed by atoms with Crippen LogP contribution < -0.4 is 10.1 Å². The van der Waals surface area contributed by atoms with Crippen molar-refractivity contribution in [3.63, 3.8) is 0 Å². The lowest BCUT2D eigenvalue weighted by Gasteiger charge is -2.10. The normalized spacial score (nSPS) is 10.1. The number of rotatable bonds is 4. The molecule has 0 spiro atoms. The Morgan fingerprint density at radius 2 is 2.00 bits per heavy atom. The molecule has 94 valence electrons. The van der Waals surface area contributed by atoms with Gasteiger partial charge >= 0.3 is 0 Å². The zero-order valence-electron chi connectivity index (χ0n) is 9.98. The van der Waals surface area contributed by atoms with Gasteiger partial charge < -0.3 is 15.2 Å². The molecule has 2 N–H and O–H groups in total. The highest BCUT2D eigenvalue weighted by atomic mass is 79.9. The lowest BCUT2D eigenvalue weighted by atomic mass is 10.2. The molecule has 4 heteroatoms. The molecule has 2 rings (SSSR count). The molecular weight excluding hydrogens is 294 g/mol. The van der Waals surface area contributed by atoms with Gasteiger partial charge in [-0.1, -0.05) is 18.2 Å². The molecule has 18 heavy (non-hydrogen) atoms. The third kappa shape index (κ3) is 2.96. The van der Waals surface area contributed by atoms with Gasteiger partial charge in [0.15, 0.2) is 0 Å². The van der Waals surface area contributed by atoms with Crippen molar-refractivity contribution in [2.24, 2.45) is 0 Å². The number of ether oxygens (including phenoxy) is 1. The first-order valence-electron chi connectivity index (χ1n) is 5.55. The minimum atomic E-state index is 0.303. The number of hydrogen-bond donors (Lipinski definition) is 2. The minimum absolute atomic E-state index is 0.303. The summed E-state index contributed by atoms with van der Waals surface area (Å²) >= 11 is 3.43. The van der Waals surface area contributed by atoms with E-state index in [0.29, 0.717) is 12.3 Å². The molecule has 0 saturated carbocycles. The molecule has 0 radical (unpaired) electrons. The van der Waals surface area contributed by atoms with Crippen LogP contribution >= 0.6 is 15.9 Å². The fourth-order valence-corrected chi connectivity index (χ4v) is 2.17. The number of aromatic hydroxyl groups is 1. The van der Waals surface area contributed by atoms with Gasteiger partial charge in [0.05, 0.1) is 11.6 Å². The van der Waals surface area contributed by atoms with E-state index in [0.717, 1.165) is 21.5 Å². The van der Waals surface area contributed by atoms with Gasteiger partial charge in [0.2, 0.25) is 0 Å². The predicted molar refractivity (Wildman–Crippen MR) is 76.1 cm³/mol. The fraction of sp³-hybridized carbons (Fsp3) is 0.143. The van der Waals surface area contributed by atoms with E-state index in [9.17, 15) is 5.11 Å². The molecule has 0 fully saturated rings. The Kier molecular flexibility index (Phi) is 4.10. The molecule has 0 bridgehead atoms. The molecule has 3 nitrogen and oxygen atoms in total. The Hall–Kier alpha value is -1.68. The first-order chi connectivity index (χ1) is 8.70. The van der Waals surface area contributed by atoms with Crippen molar-refractivity contribution in [2.75, 3.05) is 12.4 Å². The smallest absolute Gasteiger partial charge is 0.133 e. The number of benzene rings is 2. The summed E-state index contributed by atoms with van der Waals surface area (Å²) in [7, 11) is 1.63. The predicted octanol–water partition coefficient (Wildman–Crippen LogP) is 3.78. The second kappa shape index (κ2) is 5.78. The van der Waals surface area contributed by atoms with Crippen LogP contribution in [0, 0.1) is 0 Å². The molecule has 0 saturated heterocycles. The largest absolute Gasteiger partial charge is 0.508 e. The number of nitrogens with one attached hydrogen (secondary N) is 1. The molecule has 2 aromatic rings. The van der Waals surface area contributed by atoms with Crippen molar-refractivity contribution in [2.45, 2.75) is 6.54 Å². The second-order valence-electron chi connectivity index (χ2n) is 3.83. The Balaban J connectivity index is 2.07. The highest BCUT2D eigenvalue weighted by Crippen LogP contribution is 2.28. The molecule has 0 heterocycles. The van der Waals surface area contributed by atoms with E-state index in [1.165, 1.54) is 0 Å². The number of methoxy groups -OCH3 is 1. The molecule has 2 aromatic carbocycles. The third-order valence-electron chi connectivity index (χ3n) is 2.63. The highest BCUT2D eigenvalue weighted by Gasteiger charge is 2.02. The summed E-state index contributed by atoms with van der Waals surface area (Å²) in [6.07, 6.45) is 0. The van der Waals surface area contributed by atoms with Crippen LogP contribution in [0.3, 0.4) is 0 Å². The first kappa shape index (κ1) is 12.8. The van der Waals surface area contributed by atoms with Gasteiger partial charge in [-0.15, -0.1) is 0 Å². The quantitative estimate of drug-likeness (QED) is 0.903. The molecule has 0 amide bonds. The molecular formula is C14H14BrNO2. The lowest BCUT2D eigenvalue weighted by Crippen LogP contribution is -1.99. The van der Waals surface area contributed by atoms with Crippen LogP contribution in [0.25, 0.3) is 0 Å². The van der Waals surface area contributed by atoms with Crippen molar-refractivity contribution in [3.8, 4) is 11.5 Å². The van der Waals surface area contributed by atoms with Gasteiger partial charge in [0.1, 0.15) is 11.5 Å². The summed E-state index contributed by atoms with van der Waals surface area (Å²) in [4.78, 5) is 0. The number of anilines is 1. The number of para-hydroxylation sites is 1. The minimum Gasteiger partial charge on any atom is -0.508 e. The van der Waals surface area contributed by atoms with Crippen LogP contribution in [-0.4, -0.2) is 12.2 Å². The van der Waals surface area contributed by atoms with E-state index in [-0.39, 0.29) is 0 Å². The first-order valence-corrected chi connectivity index (χ1v) is 6.34. The number of phenolic OH excluding ortho intramolecular Hbond substituents is 1. The van der Waals surface area contributed by atoms with Crippen molar-refractivity contribution in [1.29, 1.82) is 0 Å². The van der Waals surface area contributed by atoms with Gasteiger partial charge in [-0.3, -0.25) is 0 Å². The van der Waals surface area contributed by atoms with Gasteiger partial charge in [-0.25, -0.2) is 0 Å². The average molecular weight is 308 g/mol. The third-order valence-corrected chi connectivity index (χ3v) is 3.25. The zero-order valence-corrected chi connectivity index (χ0v) is 11.6. The SMILES string of the molecule is COc1ccc(NCc2ccccc2O)cc1Br. The van der Waals surface area contributed by atoms with Crippen LogP contribution in [0.1, 0.15) is 5.56 Å². The average Bonchev–Trinajstić information content (AvgIpc) is 2.38. The van der Waals surface area contributed by atoms with Crippen LogP contribution in [0.15, 0.2) is 46.9 Å². The summed E-state index contributed by atoms with van der Waals surface area (Å²) in [5.74, 6) is 1.10. The number of phenols is 1. The Morgan fingerprint density at radius 3 is 2.67 bits per heavy atom. The van der Waals surface area contributed by atoms with E-state index in [1.54, 1.807) is 13.2 Å². The van der Waals surface area contributed by atoms with Crippen LogP contribution in [0.2, 0.25) is 0 Å². The topological polar surface area (TPSA) is 41.5 Å². The Labute approximate surface area is 115 Å². The summed E-state index contributed by atoms with van der Waals surface area (Å²) in [5, 5.41) is 12.9. The maximum atomic E-state index is 9.66. The molecule has 0 aliphatic rings. The summed E-state index contributed by atoms with van der Waals surface area (Å²) in [6.45, 7) is 0.575. The van der Waals surface area contributed by atoms with Gasteiger partial charge in [-0.2, -0.15) is 0 Å². The summed E-state index contributed by atoms with van der Waals surface area (Å²) in [5.41, 5.74) is 1.83. The van der Waals surface area contributed by atoms with Crippen molar-refractivity contribution < 1.29 is 9.84 Å². The van der Waals surface area contributed by atoms with Crippen molar-refractivity contribution in [1.82, 2.24) is 0 Å². The van der Waals surface area contributed by atoms with Crippen LogP contribution in [0.4, 0.5) is 5.69 Å². The number of hydrogen-bond acceptors (Lipinski definition) is 3. The molecule has 0 aliphatic carbocycles. The number of halogens is 1. The van der Waals surface area contributed by atoms with Crippen LogP contribution in [0.5, 0.6) is 11.5 Å². The Bertz CT molecular complexity index is 543. The van der Waals surface area contributed by atoms with Crippen LogP contribution in [-0.2, 0) is 6.54 Å². The highest BCUT2D eigenvalue weighted by molar-refractivity contribution is 9.10. The summed E-state index contributed by atoms with van der Waals surface area (Å²) < 4.78 is 6.06. The molecule has 0 aromatic heterocycles. The maximum absolute atomic E-state index is 9.66. The monoisotopic (exact) mass is 307 g/mol. The van der Waals surface area contributed by atoms with E-state index < -0.39 is 0 Å². The lowest BCUT2D eigenvalue weighted by molar-refractivity contribution is 0.412.